The Morgan fingerprint density at radius 3 is 2.74 bits per heavy atom. The van der Waals surface area contributed by atoms with Crippen LogP contribution >= 0.6 is 0 Å². The monoisotopic (exact) mass is 255 g/mol. The molecule has 0 spiro atoms. The summed E-state index contributed by atoms with van der Waals surface area (Å²) in [6.45, 7) is 8.13. The van der Waals surface area contributed by atoms with Crippen LogP contribution in [0.25, 0.3) is 0 Å². The molecule has 2 rings (SSSR count). The first-order chi connectivity index (χ1) is 9.24. The summed E-state index contributed by atoms with van der Waals surface area (Å²) in [5, 5.41) is 3.43. The molecule has 0 saturated carbocycles. The van der Waals surface area contributed by atoms with Crippen molar-refractivity contribution < 1.29 is 0 Å². The molecule has 3 heteroatoms. The summed E-state index contributed by atoms with van der Waals surface area (Å²) in [5.74, 6) is 0. The van der Waals surface area contributed by atoms with Crippen LogP contribution < -0.4 is 5.32 Å². The fraction of sp³-hybridized carbons (Fsp3) is 0.312. The van der Waals surface area contributed by atoms with Crippen molar-refractivity contribution in [1.29, 1.82) is 0 Å². The molecule has 0 fully saturated rings. The van der Waals surface area contributed by atoms with Crippen LogP contribution in [0.3, 0.4) is 0 Å². The Labute approximate surface area is 115 Å². The molecule has 0 amide bonds. The van der Waals surface area contributed by atoms with Crippen molar-refractivity contribution >= 4 is 11.4 Å². The second-order valence-electron chi connectivity index (χ2n) is 4.63. The number of rotatable bonds is 5. The number of para-hydroxylation sites is 1. The van der Waals surface area contributed by atoms with Crippen molar-refractivity contribution in [3.8, 4) is 0 Å². The van der Waals surface area contributed by atoms with E-state index in [0.29, 0.717) is 0 Å². The number of hydrogen-bond acceptors (Lipinski definition) is 3. The fourth-order valence-electron chi connectivity index (χ4n) is 2.22. The van der Waals surface area contributed by atoms with E-state index >= 15 is 0 Å². The lowest BCUT2D eigenvalue weighted by Crippen LogP contribution is -2.38. The second-order valence-corrected chi connectivity index (χ2v) is 4.63. The zero-order chi connectivity index (χ0) is 13.7. The largest absolute Gasteiger partial charge is 0.346 e. The summed E-state index contributed by atoms with van der Waals surface area (Å²) in [6.07, 6.45) is 6.02. The Morgan fingerprint density at radius 2 is 2.11 bits per heavy atom. The molecular formula is C16H21N3. The summed E-state index contributed by atoms with van der Waals surface area (Å²) in [4.78, 5) is 6.75. The van der Waals surface area contributed by atoms with Crippen LogP contribution in [-0.4, -0.2) is 16.9 Å². The van der Waals surface area contributed by atoms with E-state index < -0.39 is 0 Å². The Balaban J connectivity index is 2.20. The lowest BCUT2D eigenvalue weighted by atomic mass is 10.1. The summed E-state index contributed by atoms with van der Waals surface area (Å²) in [7, 11) is 0. The Morgan fingerprint density at radius 1 is 1.37 bits per heavy atom. The number of nitrogens with one attached hydrogen (secondary N) is 1. The van der Waals surface area contributed by atoms with Crippen LogP contribution in [0.5, 0.6) is 0 Å². The van der Waals surface area contributed by atoms with Crippen LogP contribution in [0.2, 0.25) is 0 Å². The molecule has 1 unspecified atom stereocenters. The van der Waals surface area contributed by atoms with Gasteiger partial charge in [0, 0.05) is 23.3 Å². The molecule has 1 N–H and O–H groups in total. The number of allylic oxidation sites excluding steroid dienone is 2. The van der Waals surface area contributed by atoms with Gasteiger partial charge in [-0.3, -0.25) is 0 Å². The van der Waals surface area contributed by atoms with Gasteiger partial charge in [-0.1, -0.05) is 38.1 Å². The molecule has 1 aliphatic rings. The molecule has 1 aliphatic heterocycles. The minimum absolute atomic E-state index is 0.105. The summed E-state index contributed by atoms with van der Waals surface area (Å²) in [6, 6.07) is 10.1. The zero-order valence-corrected chi connectivity index (χ0v) is 11.6. The lowest BCUT2D eigenvalue weighted by molar-refractivity contribution is 0.362. The van der Waals surface area contributed by atoms with Crippen molar-refractivity contribution in [3.05, 3.63) is 54.9 Å². The van der Waals surface area contributed by atoms with Gasteiger partial charge in [0.15, 0.2) is 6.29 Å². The van der Waals surface area contributed by atoms with E-state index in [4.69, 9.17) is 0 Å². The van der Waals surface area contributed by atoms with Crippen molar-refractivity contribution in [3.63, 3.8) is 0 Å². The van der Waals surface area contributed by atoms with Gasteiger partial charge in [0.25, 0.3) is 0 Å². The lowest BCUT2D eigenvalue weighted by Gasteiger charge is -2.34. The molecule has 1 aromatic rings. The molecule has 100 valence electrons. The van der Waals surface area contributed by atoms with E-state index in [0.717, 1.165) is 24.2 Å². The molecule has 19 heavy (non-hydrogen) atoms. The van der Waals surface area contributed by atoms with E-state index in [1.807, 2.05) is 43.5 Å². The van der Waals surface area contributed by atoms with E-state index in [1.165, 1.54) is 5.70 Å². The maximum absolute atomic E-state index is 4.65. The zero-order valence-electron chi connectivity index (χ0n) is 11.6. The van der Waals surface area contributed by atoms with E-state index in [9.17, 15) is 0 Å². The van der Waals surface area contributed by atoms with Gasteiger partial charge in [-0.05, 0) is 31.6 Å². The van der Waals surface area contributed by atoms with Gasteiger partial charge in [-0.15, -0.1) is 0 Å². The molecule has 1 atom stereocenters. The maximum atomic E-state index is 4.65. The number of aliphatic imine (C=N–C) groups is 1. The number of hydrogen-bond donors (Lipinski definition) is 1. The third-order valence-corrected chi connectivity index (χ3v) is 3.07. The van der Waals surface area contributed by atoms with Crippen LogP contribution in [0, 0.1) is 0 Å². The highest BCUT2D eigenvalue weighted by molar-refractivity contribution is 5.94. The molecule has 0 saturated heterocycles. The van der Waals surface area contributed by atoms with Gasteiger partial charge in [0.05, 0.1) is 0 Å². The first kappa shape index (κ1) is 13.4. The minimum Gasteiger partial charge on any atom is -0.346 e. The molecule has 3 nitrogen and oxygen atoms in total. The first-order valence-corrected chi connectivity index (χ1v) is 6.72. The van der Waals surface area contributed by atoms with E-state index in [-0.39, 0.29) is 6.29 Å². The SMILES string of the molecule is C=CN1C(CCC)=CC(C)=NC1Nc1ccccc1. The van der Waals surface area contributed by atoms with Crippen molar-refractivity contribution in [2.75, 3.05) is 5.32 Å². The highest BCUT2D eigenvalue weighted by Gasteiger charge is 2.20. The van der Waals surface area contributed by atoms with Gasteiger partial charge < -0.3 is 10.2 Å². The van der Waals surface area contributed by atoms with Gasteiger partial charge in [-0.25, -0.2) is 4.99 Å². The molecule has 0 radical (unpaired) electrons. The third-order valence-electron chi connectivity index (χ3n) is 3.07. The van der Waals surface area contributed by atoms with Gasteiger partial charge in [-0.2, -0.15) is 0 Å². The van der Waals surface area contributed by atoms with Crippen molar-refractivity contribution in [2.45, 2.75) is 33.0 Å². The Kier molecular flexibility index (Phi) is 4.39. The molecule has 1 heterocycles. The van der Waals surface area contributed by atoms with Crippen LogP contribution in [0.1, 0.15) is 26.7 Å². The van der Waals surface area contributed by atoms with Crippen LogP contribution in [0.15, 0.2) is 59.9 Å². The highest BCUT2D eigenvalue weighted by Crippen LogP contribution is 2.22. The summed E-state index contributed by atoms with van der Waals surface area (Å²) < 4.78 is 0. The highest BCUT2D eigenvalue weighted by atomic mass is 15.4. The van der Waals surface area contributed by atoms with Crippen LogP contribution in [0.4, 0.5) is 5.69 Å². The van der Waals surface area contributed by atoms with Gasteiger partial charge in [0.2, 0.25) is 0 Å². The quantitative estimate of drug-likeness (QED) is 0.861. The predicted octanol–water partition coefficient (Wildman–Crippen LogP) is 3.99. The molecule has 1 aromatic carbocycles. The Bertz CT molecular complexity index is 488. The minimum atomic E-state index is -0.105. The average Bonchev–Trinajstić information content (AvgIpc) is 2.40. The summed E-state index contributed by atoms with van der Waals surface area (Å²) >= 11 is 0. The summed E-state index contributed by atoms with van der Waals surface area (Å²) in [5.41, 5.74) is 3.38. The maximum Gasteiger partial charge on any atom is 0.200 e. The topological polar surface area (TPSA) is 27.6 Å². The molecule has 0 aliphatic carbocycles. The second kappa shape index (κ2) is 6.23. The van der Waals surface area contributed by atoms with Gasteiger partial charge in [0.1, 0.15) is 0 Å². The standard InChI is InChI=1S/C16H21N3/c1-4-9-15-12-13(3)17-16(19(15)5-2)18-14-10-7-6-8-11-14/h5-8,10-12,16,18H,2,4,9H2,1,3H3. The van der Waals surface area contributed by atoms with Crippen molar-refractivity contribution in [1.82, 2.24) is 4.90 Å². The number of anilines is 1. The van der Waals surface area contributed by atoms with Crippen molar-refractivity contribution in [2.24, 2.45) is 4.99 Å². The average molecular weight is 255 g/mol. The Hall–Kier alpha value is -2.03. The predicted molar refractivity (Wildman–Crippen MR) is 82.0 cm³/mol. The number of nitrogens with zero attached hydrogens (tertiary/aromatic N) is 2. The fourth-order valence-corrected chi connectivity index (χ4v) is 2.22. The normalized spacial score (nSPS) is 18.6. The molecule has 0 bridgehead atoms. The first-order valence-electron chi connectivity index (χ1n) is 6.72. The van der Waals surface area contributed by atoms with E-state index in [2.05, 4.69) is 34.8 Å². The third kappa shape index (κ3) is 3.25. The van der Waals surface area contributed by atoms with E-state index in [1.54, 1.807) is 0 Å². The van der Waals surface area contributed by atoms with Gasteiger partial charge >= 0.3 is 0 Å². The molecule has 0 aromatic heterocycles. The van der Waals surface area contributed by atoms with Crippen LogP contribution in [-0.2, 0) is 0 Å². The number of benzene rings is 1. The smallest absolute Gasteiger partial charge is 0.200 e. The molecular weight excluding hydrogens is 234 g/mol.